The molecule has 0 spiro atoms. The smallest absolute Gasteiger partial charge is 0.312 e. The number of rotatable bonds is 21. The van der Waals surface area contributed by atoms with E-state index in [1.165, 1.54) is 6.92 Å². The third-order valence-corrected chi connectivity index (χ3v) is 5.90. The van der Waals surface area contributed by atoms with Crippen LogP contribution in [0.25, 0.3) is 0 Å². The quantitative estimate of drug-likeness (QED) is 0.0949. The second kappa shape index (κ2) is 20.8. The molecule has 13 heteroatoms. The molecule has 0 bridgehead atoms. The van der Waals surface area contributed by atoms with Crippen molar-refractivity contribution in [2.24, 2.45) is 5.73 Å². The molecule has 1 rings (SSSR count). The number of Topliss-reactive ketones (excluding diaryl/α,β-unsaturated/α-hetero) is 1. The first-order valence-electron chi connectivity index (χ1n) is 14.0. The van der Waals surface area contributed by atoms with Crippen molar-refractivity contribution in [3.63, 3.8) is 0 Å². The summed E-state index contributed by atoms with van der Waals surface area (Å²) in [6.07, 6.45) is 5.78. The van der Waals surface area contributed by atoms with Crippen LogP contribution < -0.4 is 32.5 Å². The zero-order chi connectivity index (χ0) is 30.5. The third-order valence-electron chi connectivity index (χ3n) is 5.90. The van der Waals surface area contributed by atoms with Gasteiger partial charge in [-0.15, -0.1) is 0 Å². The van der Waals surface area contributed by atoms with E-state index in [1.807, 2.05) is 0 Å². The SMILES string of the molecule is CCCCCCC(=O)NOCc1ccc(NC(=O)C(CCCNC(N)=O)NC(=O)CNC(=O)CCCC(C)=O)cc1. The molecular weight excluding hydrogens is 532 g/mol. The molecule has 0 heterocycles. The van der Waals surface area contributed by atoms with Crippen molar-refractivity contribution in [2.45, 2.75) is 90.7 Å². The van der Waals surface area contributed by atoms with E-state index in [0.29, 0.717) is 24.9 Å². The van der Waals surface area contributed by atoms with Crippen LogP contribution in [0.2, 0.25) is 0 Å². The van der Waals surface area contributed by atoms with Gasteiger partial charge in [0, 0.05) is 31.5 Å². The van der Waals surface area contributed by atoms with Gasteiger partial charge < -0.3 is 31.8 Å². The van der Waals surface area contributed by atoms with Crippen molar-refractivity contribution in [3.8, 4) is 0 Å². The van der Waals surface area contributed by atoms with Crippen LogP contribution in [0, 0.1) is 0 Å². The third kappa shape index (κ3) is 18.1. The van der Waals surface area contributed by atoms with Crippen LogP contribution in [0.4, 0.5) is 10.5 Å². The lowest BCUT2D eigenvalue weighted by Gasteiger charge is -2.19. The van der Waals surface area contributed by atoms with Crippen molar-refractivity contribution >= 4 is 41.1 Å². The zero-order valence-electron chi connectivity index (χ0n) is 24.0. The van der Waals surface area contributed by atoms with Gasteiger partial charge in [-0.25, -0.2) is 10.3 Å². The second-order valence-electron chi connectivity index (χ2n) is 9.70. The monoisotopic (exact) mass is 576 g/mol. The molecule has 41 heavy (non-hydrogen) atoms. The van der Waals surface area contributed by atoms with Crippen LogP contribution in [0.5, 0.6) is 0 Å². The zero-order valence-corrected chi connectivity index (χ0v) is 24.0. The van der Waals surface area contributed by atoms with E-state index < -0.39 is 23.9 Å². The predicted molar refractivity (Wildman–Crippen MR) is 153 cm³/mol. The highest BCUT2D eigenvalue weighted by molar-refractivity contribution is 5.97. The van der Waals surface area contributed by atoms with Gasteiger partial charge in [-0.2, -0.15) is 0 Å². The highest BCUT2D eigenvalue weighted by Gasteiger charge is 2.21. The summed E-state index contributed by atoms with van der Waals surface area (Å²) in [5.74, 6) is -1.60. The molecule has 0 aliphatic rings. The first kappa shape index (κ1) is 35.0. The van der Waals surface area contributed by atoms with E-state index in [4.69, 9.17) is 10.6 Å². The molecule has 0 aromatic heterocycles. The Morgan fingerprint density at radius 2 is 1.54 bits per heavy atom. The topological polar surface area (TPSA) is 198 Å². The number of ketones is 1. The van der Waals surface area contributed by atoms with E-state index >= 15 is 0 Å². The predicted octanol–water partition coefficient (Wildman–Crippen LogP) is 1.95. The average Bonchev–Trinajstić information content (AvgIpc) is 2.92. The molecule has 0 aliphatic carbocycles. The fraction of sp³-hybridized carbons (Fsp3) is 0.571. The standard InChI is InChI=1S/C28H44N6O7/c1-3-4-5-6-11-25(37)34-41-19-21-13-15-22(16-14-21)32-27(39)23(10-8-17-30-28(29)40)33-26(38)18-31-24(36)12-7-9-20(2)35/h13-16,23H,3-12,17-19H2,1-2H3,(H,31,36)(H,32,39)(H,33,38)(H,34,37)(H3,29,30,40). The number of unbranched alkanes of at least 4 members (excludes halogenated alkanes) is 3. The Morgan fingerprint density at radius 3 is 2.20 bits per heavy atom. The molecule has 0 radical (unpaired) electrons. The van der Waals surface area contributed by atoms with Crippen LogP contribution in [-0.4, -0.2) is 54.6 Å². The van der Waals surface area contributed by atoms with Crippen molar-refractivity contribution < 1.29 is 33.6 Å². The minimum atomic E-state index is -0.942. The highest BCUT2D eigenvalue weighted by Crippen LogP contribution is 2.12. The summed E-state index contributed by atoms with van der Waals surface area (Å²) >= 11 is 0. The lowest BCUT2D eigenvalue weighted by molar-refractivity contribution is -0.134. The molecular formula is C28H44N6O7. The lowest BCUT2D eigenvalue weighted by Crippen LogP contribution is -2.47. The fourth-order valence-corrected chi connectivity index (χ4v) is 3.67. The first-order valence-corrected chi connectivity index (χ1v) is 14.0. The molecule has 0 fully saturated rings. The first-order chi connectivity index (χ1) is 19.6. The van der Waals surface area contributed by atoms with Gasteiger partial charge in [0.05, 0.1) is 13.2 Å². The number of amides is 6. The summed E-state index contributed by atoms with van der Waals surface area (Å²) in [4.78, 5) is 76.3. The number of benzene rings is 1. The van der Waals surface area contributed by atoms with Gasteiger partial charge in [0.15, 0.2) is 0 Å². The number of carbonyl (C=O) groups excluding carboxylic acids is 6. The van der Waals surface area contributed by atoms with Gasteiger partial charge >= 0.3 is 6.03 Å². The fourth-order valence-electron chi connectivity index (χ4n) is 3.67. The normalized spacial score (nSPS) is 11.2. The van der Waals surface area contributed by atoms with E-state index in [-0.39, 0.29) is 56.6 Å². The molecule has 1 atom stereocenters. The van der Waals surface area contributed by atoms with Crippen LogP contribution in [0.1, 0.15) is 83.6 Å². The Balaban J connectivity index is 2.58. The average molecular weight is 577 g/mol. The second-order valence-corrected chi connectivity index (χ2v) is 9.70. The molecule has 0 saturated carbocycles. The Labute approximate surface area is 241 Å². The number of nitrogens with two attached hydrogens (primary N) is 1. The molecule has 228 valence electrons. The number of anilines is 1. The van der Waals surface area contributed by atoms with E-state index in [2.05, 4.69) is 33.7 Å². The number of urea groups is 1. The summed E-state index contributed by atoms with van der Waals surface area (Å²) in [6.45, 7) is 3.59. The van der Waals surface area contributed by atoms with Gasteiger partial charge in [-0.3, -0.25) is 24.0 Å². The van der Waals surface area contributed by atoms with Crippen LogP contribution in [-0.2, 0) is 35.4 Å². The molecule has 13 nitrogen and oxygen atoms in total. The van der Waals surface area contributed by atoms with E-state index in [0.717, 1.165) is 31.2 Å². The Morgan fingerprint density at radius 1 is 0.829 bits per heavy atom. The maximum atomic E-state index is 12.9. The van der Waals surface area contributed by atoms with Gasteiger partial charge in [-0.05, 0) is 50.3 Å². The number of nitrogens with one attached hydrogen (secondary N) is 5. The van der Waals surface area contributed by atoms with Crippen molar-refractivity contribution in [1.29, 1.82) is 0 Å². The number of hydroxylamine groups is 1. The van der Waals surface area contributed by atoms with Crippen LogP contribution >= 0.6 is 0 Å². The van der Waals surface area contributed by atoms with E-state index in [1.54, 1.807) is 24.3 Å². The van der Waals surface area contributed by atoms with Crippen LogP contribution in [0.3, 0.4) is 0 Å². The Hall–Kier alpha value is -4.00. The number of hydrogen-bond acceptors (Lipinski definition) is 7. The molecule has 0 saturated heterocycles. The molecule has 1 aromatic carbocycles. The van der Waals surface area contributed by atoms with Crippen LogP contribution in [0.15, 0.2) is 24.3 Å². The summed E-state index contributed by atoms with van der Waals surface area (Å²) < 4.78 is 0. The Kier molecular flexibility index (Phi) is 17.8. The maximum Gasteiger partial charge on any atom is 0.312 e. The maximum absolute atomic E-state index is 12.9. The molecule has 1 aromatic rings. The molecule has 1 unspecified atom stereocenters. The summed E-state index contributed by atoms with van der Waals surface area (Å²) in [5.41, 5.74) is 8.75. The highest BCUT2D eigenvalue weighted by atomic mass is 16.6. The molecule has 0 aliphatic heterocycles. The Bertz CT molecular complexity index is 1000. The van der Waals surface area contributed by atoms with Crippen molar-refractivity contribution in [2.75, 3.05) is 18.4 Å². The lowest BCUT2D eigenvalue weighted by atomic mass is 10.1. The van der Waals surface area contributed by atoms with E-state index in [9.17, 15) is 28.8 Å². The number of hydrogen-bond donors (Lipinski definition) is 6. The molecule has 6 amide bonds. The van der Waals surface area contributed by atoms with Gasteiger partial charge in [0.25, 0.3) is 0 Å². The summed E-state index contributed by atoms with van der Waals surface area (Å²) in [5, 5.41) is 10.2. The number of primary amides is 1. The minimum Gasteiger partial charge on any atom is -0.352 e. The summed E-state index contributed by atoms with van der Waals surface area (Å²) in [7, 11) is 0. The largest absolute Gasteiger partial charge is 0.352 e. The number of carbonyl (C=O) groups is 6. The van der Waals surface area contributed by atoms with Crippen molar-refractivity contribution in [3.05, 3.63) is 29.8 Å². The summed E-state index contributed by atoms with van der Waals surface area (Å²) in [6, 6.07) is 5.15. The minimum absolute atomic E-state index is 0.0183. The van der Waals surface area contributed by atoms with Gasteiger partial charge in [-0.1, -0.05) is 38.3 Å². The van der Waals surface area contributed by atoms with Gasteiger partial charge in [0.1, 0.15) is 11.8 Å². The van der Waals surface area contributed by atoms with Crippen molar-refractivity contribution in [1.82, 2.24) is 21.4 Å². The molecule has 7 N–H and O–H groups in total. The van der Waals surface area contributed by atoms with Gasteiger partial charge in [0.2, 0.25) is 23.6 Å².